The quantitative estimate of drug-likeness (QED) is 0.852. The summed E-state index contributed by atoms with van der Waals surface area (Å²) in [5.41, 5.74) is 1.64. The third-order valence-electron chi connectivity index (χ3n) is 4.42. The average molecular weight is 318 g/mol. The fourth-order valence-electron chi connectivity index (χ4n) is 3.29. The van der Waals surface area contributed by atoms with Crippen molar-refractivity contribution in [1.29, 1.82) is 0 Å². The summed E-state index contributed by atoms with van der Waals surface area (Å²) in [4.78, 5) is 14.6. The van der Waals surface area contributed by atoms with Gasteiger partial charge in [0.25, 0.3) is 5.91 Å². The van der Waals surface area contributed by atoms with Crippen LogP contribution in [0.3, 0.4) is 0 Å². The number of likely N-dealkylation sites (tertiary alicyclic amines) is 1. The molecule has 0 unspecified atom stereocenters. The van der Waals surface area contributed by atoms with Crippen molar-refractivity contribution >= 4 is 17.5 Å². The Balaban J connectivity index is 1.86. The zero-order valence-corrected chi connectivity index (χ0v) is 13.8. The monoisotopic (exact) mass is 317 g/mol. The zero-order chi connectivity index (χ0) is 15.9. The SMILES string of the molecule is Cn1cc(Cl)c(C(=O)N2C[C@@H](c3ccccc3)C(C)(C)C2)n1. The van der Waals surface area contributed by atoms with Gasteiger partial charge in [0.15, 0.2) is 5.69 Å². The van der Waals surface area contributed by atoms with Gasteiger partial charge in [-0.25, -0.2) is 0 Å². The van der Waals surface area contributed by atoms with Gasteiger partial charge in [0.1, 0.15) is 0 Å². The Hall–Kier alpha value is -1.81. The molecule has 5 heteroatoms. The van der Waals surface area contributed by atoms with E-state index in [1.54, 1.807) is 17.9 Å². The van der Waals surface area contributed by atoms with Gasteiger partial charge in [-0.15, -0.1) is 0 Å². The predicted octanol–water partition coefficient (Wildman–Crippen LogP) is 3.34. The van der Waals surface area contributed by atoms with E-state index in [2.05, 4.69) is 31.1 Å². The van der Waals surface area contributed by atoms with Crippen LogP contribution in [0.5, 0.6) is 0 Å². The number of benzene rings is 1. The number of nitrogens with zero attached hydrogens (tertiary/aromatic N) is 3. The number of carbonyl (C=O) groups is 1. The Morgan fingerprint density at radius 3 is 2.59 bits per heavy atom. The molecular weight excluding hydrogens is 298 g/mol. The summed E-state index contributed by atoms with van der Waals surface area (Å²) in [7, 11) is 1.77. The summed E-state index contributed by atoms with van der Waals surface area (Å²) < 4.78 is 1.57. The van der Waals surface area contributed by atoms with Gasteiger partial charge in [-0.1, -0.05) is 55.8 Å². The highest BCUT2D eigenvalue weighted by Gasteiger charge is 2.42. The first kappa shape index (κ1) is 15.1. The van der Waals surface area contributed by atoms with Crippen LogP contribution in [0.15, 0.2) is 36.5 Å². The number of aryl methyl sites for hydroxylation is 1. The molecule has 1 amide bonds. The van der Waals surface area contributed by atoms with Crippen LogP contribution >= 0.6 is 11.6 Å². The first-order chi connectivity index (χ1) is 10.4. The molecule has 1 aliphatic heterocycles. The van der Waals surface area contributed by atoms with Gasteiger partial charge in [0, 0.05) is 32.3 Å². The van der Waals surface area contributed by atoms with E-state index in [1.807, 2.05) is 23.1 Å². The molecule has 0 radical (unpaired) electrons. The van der Waals surface area contributed by atoms with E-state index in [0.29, 0.717) is 29.7 Å². The lowest BCUT2D eigenvalue weighted by molar-refractivity contribution is 0.0771. The highest BCUT2D eigenvalue weighted by Crippen LogP contribution is 2.42. The molecule has 0 saturated carbocycles. The van der Waals surface area contributed by atoms with E-state index in [9.17, 15) is 4.79 Å². The van der Waals surface area contributed by atoms with Crippen LogP contribution < -0.4 is 0 Å². The van der Waals surface area contributed by atoms with Gasteiger partial charge in [-0.05, 0) is 11.0 Å². The maximum Gasteiger partial charge on any atom is 0.275 e. The Labute approximate surface area is 135 Å². The maximum atomic E-state index is 12.7. The Bertz CT molecular complexity index is 693. The number of rotatable bonds is 2. The Morgan fingerprint density at radius 2 is 2.00 bits per heavy atom. The van der Waals surface area contributed by atoms with E-state index in [4.69, 9.17) is 11.6 Å². The first-order valence-electron chi connectivity index (χ1n) is 7.42. The van der Waals surface area contributed by atoms with E-state index in [1.165, 1.54) is 5.56 Å². The van der Waals surface area contributed by atoms with Gasteiger partial charge >= 0.3 is 0 Å². The molecule has 1 saturated heterocycles. The molecule has 1 aromatic carbocycles. The molecule has 4 nitrogen and oxygen atoms in total. The van der Waals surface area contributed by atoms with Crippen molar-refractivity contribution in [3.05, 3.63) is 52.8 Å². The molecule has 1 fully saturated rings. The van der Waals surface area contributed by atoms with Gasteiger partial charge < -0.3 is 4.90 Å². The highest BCUT2D eigenvalue weighted by atomic mass is 35.5. The van der Waals surface area contributed by atoms with Crippen LogP contribution in [0.1, 0.15) is 35.8 Å². The molecule has 2 aromatic rings. The summed E-state index contributed by atoms with van der Waals surface area (Å²) >= 11 is 6.11. The molecule has 1 atom stereocenters. The lowest BCUT2D eigenvalue weighted by Crippen LogP contribution is -2.30. The molecule has 0 N–H and O–H groups in total. The van der Waals surface area contributed by atoms with Gasteiger partial charge in [-0.3, -0.25) is 9.48 Å². The van der Waals surface area contributed by atoms with Crippen molar-refractivity contribution < 1.29 is 4.79 Å². The van der Waals surface area contributed by atoms with Crippen LogP contribution in [0.4, 0.5) is 0 Å². The molecule has 0 spiro atoms. The molecule has 3 rings (SSSR count). The van der Waals surface area contributed by atoms with E-state index in [-0.39, 0.29) is 11.3 Å². The van der Waals surface area contributed by atoms with Crippen molar-refractivity contribution in [3.63, 3.8) is 0 Å². The van der Waals surface area contributed by atoms with Crippen molar-refractivity contribution in [2.45, 2.75) is 19.8 Å². The molecule has 22 heavy (non-hydrogen) atoms. The summed E-state index contributed by atoms with van der Waals surface area (Å²) in [6.07, 6.45) is 1.66. The summed E-state index contributed by atoms with van der Waals surface area (Å²) in [5.74, 6) is 0.234. The predicted molar refractivity (Wildman–Crippen MR) is 87.1 cm³/mol. The molecule has 1 aromatic heterocycles. The molecule has 0 aliphatic carbocycles. The normalized spacial score (nSPS) is 20.4. The number of amides is 1. The summed E-state index contributed by atoms with van der Waals surface area (Å²) in [5, 5.41) is 4.60. The third kappa shape index (κ3) is 2.63. The first-order valence-corrected chi connectivity index (χ1v) is 7.79. The van der Waals surface area contributed by atoms with Crippen LogP contribution in [0.25, 0.3) is 0 Å². The molecule has 0 bridgehead atoms. The number of carbonyl (C=O) groups excluding carboxylic acids is 1. The highest BCUT2D eigenvalue weighted by molar-refractivity contribution is 6.33. The minimum atomic E-state index is -0.0860. The molecule has 2 heterocycles. The van der Waals surface area contributed by atoms with Gasteiger partial charge in [0.05, 0.1) is 5.02 Å². The fourth-order valence-corrected chi connectivity index (χ4v) is 3.54. The Kier molecular flexibility index (Phi) is 3.73. The number of aromatic nitrogens is 2. The lowest BCUT2D eigenvalue weighted by Gasteiger charge is -2.25. The van der Waals surface area contributed by atoms with Gasteiger partial charge in [-0.2, -0.15) is 5.10 Å². The lowest BCUT2D eigenvalue weighted by atomic mass is 9.78. The minimum Gasteiger partial charge on any atom is -0.336 e. The van der Waals surface area contributed by atoms with Crippen molar-refractivity contribution in [1.82, 2.24) is 14.7 Å². The maximum absolute atomic E-state index is 12.7. The second kappa shape index (κ2) is 5.43. The van der Waals surface area contributed by atoms with Crippen molar-refractivity contribution in [2.75, 3.05) is 13.1 Å². The number of hydrogen-bond donors (Lipinski definition) is 0. The van der Waals surface area contributed by atoms with Crippen molar-refractivity contribution in [2.24, 2.45) is 12.5 Å². The molecular formula is C17H20ClN3O. The molecule has 1 aliphatic rings. The van der Waals surface area contributed by atoms with E-state index < -0.39 is 0 Å². The van der Waals surface area contributed by atoms with Crippen LogP contribution in [0.2, 0.25) is 5.02 Å². The standard InChI is InChI=1S/C17H20ClN3O/c1-17(2)11-21(9-13(17)12-7-5-4-6-8-12)16(22)15-14(18)10-20(3)19-15/h4-8,10,13H,9,11H2,1-3H3/t13-/m0/s1. The smallest absolute Gasteiger partial charge is 0.275 e. The number of hydrogen-bond acceptors (Lipinski definition) is 2. The largest absolute Gasteiger partial charge is 0.336 e. The second-order valence-corrected chi connectivity index (χ2v) is 7.04. The average Bonchev–Trinajstić information content (AvgIpc) is 2.98. The van der Waals surface area contributed by atoms with E-state index >= 15 is 0 Å². The van der Waals surface area contributed by atoms with Crippen LogP contribution in [-0.4, -0.2) is 33.7 Å². The van der Waals surface area contributed by atoms with E-state index in [0.717, 1.165) is 0 Å². The van der Waals surface area contributed by atoms with Crippen LogP contribution in [0, 0.1) is 5.41 Å². The zero-order valence-electron chi connectivity index (χ0n) is 13.1. The second-order valence-electron chi connectivity index (χ2n) is 6.64. The topological polar surface area (TPSA) is 38.1 Å². The fraction of sp³-hybridized carbons (Fsp3) is 0.412. The number of halogens is 1. The molecule has 116 valence electrons. The van der Waals surface area contributed by atoms with Crippen LogP contribution in [-0.2, 0) is 7.05 Å². The summed E-state index contributed by atoms with van der Waals surface area (Å²) in [6, 6.07) is 10.4. The van der Waals surface area contributed by atoms with Gasteiger partial charge in [0.2, 0.25) is 0 Å². The third-order valence-corrected chi connectivity index (χ3v) is 4.70. The Morgan fingerprint density at radius 1 is 1.32 bits per heavy atom. The minimum absolute atomic E-state index is 0.0261. The summed E-state index contributed by atoms with van der Waals surface area (Å²) in [6.45, 7) is 5.82. The van der Waals surface area contributed by atoms with Crippen molar-refractivity contribution in [3.8, 4) is 0 Å².